The molecule has 0 aliphatic carbocycles. The van der Waals surface area contributed by atoms with Crippen molar-refractivity contribution in [3.63, 3.8) is 0 Å². The highest BCUT2D eigenvalue weighted by Gasteiger charge is 2.36. The van der Waals surface area contributed by atoms with Crippen molar-refractivity contribution in [3.8, 4) is 17.6 Å². The van der Waals surface area contributed by atoms with Crippen molar-refractivity contribution in [2.45, 2.75) is 39.2 Å². The number of benzene rings is 3. The van der Waals surface area contributed by atoms with E-state index in [4.69, 9.17) is 25.8 Å². The Hall–Kier alpha value is -4.39. The summed E-state index contributed by atoms with van der Waals surface area (Å²) in [4.78, 5) is 26.6. The molecule has 0 saturated carbocycles. The number of halogens is 1. The lowest BCUT2D eigenvalue weighted by atomic mass is 9.82. The van der Waals surface area contributed by atoms with Gasteiger partial charge in [0.15, 0.2) is 0 Å². The van der Waals surface area contributed by atoms with Crippen molar-refractivity contribution in [3.05, 3.63) is 110 Å². The Labute approximate surface area is 267 Å². The normalized spacial score (nSPS) is 14.5. The van der Waals surface area contributed by atoms with Crippen LogP contribution < -0.4 is 20.1 Å². The molecule has 228 valence electrons. The molecule has 1 amide bonds. The molecule has 0 saturated heterocycles. The molecule has 44 heavy (non-hydrogen) atoms. The highest BCUT2D eigenvalue weighted by molar-refractivity contribution is 8.03. The Morgan fingerprint density at radius 2 is 1.73 bits per heavy atom. The highest BCUT2D eigenvalue weighted by atomic mass is 35.5. The number of nitriles is 1. The number of nitrogens with one attached hydrogen (secondary N) is 2. The Balaban J connectivity index is 1.62. The van der Waals surface area contributed by atoms with E-state index in [1.165, 1.54) is 26.0 Å². The second-order valence-electron chi connectivity index (χ2n) is 10.4. The van der Waals surface area contributed by atoms with Gasteiger partial charge in [-0.2, -0.15) is 5.26 Å². The van der Waals surface area contributed by atoms with E-state index in [1.54, 1.807) is 19.1 Å². The third-order valence-electron chi connectivity index (χ3n) is 7.11. The number of nitrogens with zero attached hydrogens (tertiary/aromatic N) is 1. The van der Waals surface area contributed by atoms with Gasteiger partial charge in [0.05, 0.1) is 58.8 Å². The van der Waals surface area contributed by atoms with Gasteiger partial charge in [-0.25, -0.2) is 4.79 Å². The predicted octanol–water partition coefficient (Wildman–Crippen LogP) is 7.29. The summed E-state index contributed by atoms with van der Waals surface area (Å²) in [5, 5.41) is 17.3. The van der Waals surface area contributed by atoms with Crippen LogP contribution in [0.15, 0.2) is 88.6 Å². The molecule has 0 radical (unpaired) electrons. The quantitative estimate of drug-likeness (QED) is 0.212. The number of dihydropyridines is 1. The number of hydrogen-bond acceptors (Lipinski definition) is 8. The maximum absolute atomic E-state index is 13.6. The first-order chi connectivity index (χ1) is 21.2. The van der Waals surface area contributed by atoms with E-state index in [9.17, 15) is 14.9 Å². The summed E-state index contributed by atoms with van der Waals surface area (Å²) in [6, 6.07) is 22.8. The predicted molar refractivity (Wildman–Crippen MR) is 174 cm³/mol. The van der Waals surface area contributed by atoms with E-state index in [2.05, 4.69) is 30.6 Å². The number of anilines is 1. The number of thioether (sulfide) groups is 1. The molecule has 0 unspecified atom stereocenters. The van der Waals surface area contributed by atoms with Crippen LogP contribution in [0.4, 0.5) is 5.69 Å². The molecule has 2 N–H and O–H groups in total. The van der Waals surface area contributed by atoms with E-state index in [0.717, 1.165) is 16.7 Å². The minimum absolute atomic E-state index is 0.0261. The van der Waals surface area contributed by atoms with Crippen molar-refractivity contribution >= 4 is 40.9 Å². The van der Waals surface area contributed by atoms with Gasteiger partial charge in [0, 0.05) is 17.8 Å². The molecule has 0 spiro atoms. The van der Waals surface area contributed by atoms with Crippen LogP contribution in [0, 0.1) is 11.3 Å². The smallest absolute Gasteiger partial charge is 0.337 e. The largest absolute Gasteiger partial charge is 0.495 e. The minimum Gasteiger partial charge on any atom is -0.495 e. The van der Waals surface area contributed by atoms with Crippen LogP contribution in [0.5, 0.6) is 11.5 Å². The Morgan fingerprint density at radius 3 is 2.34 bits per heavy atom. The molecule has 1 aliphatic heterocycles. The average molecular weight is 632 g/mol. The van der Waals surface area contributed by atoms with Gasteiger partial charge in [-0.15, -0.1) is 0 Å². The second-order valence-corrected chi connectivity index (χ2v) is 11.8. The zero-order valence-corrected chi connectivity index (χ0v) is 26.8. The number of rotatable bonds is 11. The third kappa shape index (κ3) is 7.57. The number of carbonyl (C=O) groups excluding carboxylic acids is 2. The van der Waals surface area contributed by atoms with Crippen LogP contribution in [0.25, 0.3) is 0 Å². The number of ether oxygens (including phenoxy) is 3. The van der Waals surface area contributed by atoms with Crippen molar-refractivity contribution in [1.29, 1.82) is 5.26 Å². The van der Waals surface area contributed by atoms with Gasteiger partial charge in [0.2, 0.25) is 5.91 Å². The Bertz CT molecular complexity index is 1630. The summed E-state index contributed by atoms with van der Waals surface area (Å²) in [7, 11) is 2.96. The fraction of sp³-hybridized carbons (Fsp3) is 0.265. The van der Waals surface area contributed by atoms with Crippen LogP contribution in [0.1, 0.15) is 49.3 Å². The fourth-order valence-electron chi connectivity index (χ4n) is 4.79. The van der Waals surface area contributed by atoms with Crippen molar-refractivity contribution in [2.75, 3.05) is 25.3 Å². The van der Waals surface area contributed by atoms with Crippen LogP contribution in [-0.2, 0) is 20.9 Å². The van der Waals surface area contributed by atoms with Crippen LogP contribution in [-0.4, -0.2) is 31.8 Å². The Kier molecular flexibility index (Phi) is 11.0. The first-order valence-corrected chi connectivity index (χ1v) is 15.3. The molecule has 3 aromatic rings. The van der Waals surface area contributed by atoms with Crippen LogP contribution >= 0.6 is 23.4 Å². The van der Waals surface area contributed by atoms with E-state index >= 15 is 0 Å². The van der Waals surface area contributed by atoms with Crippen molar-refractivity contribution in [2.24, 2.45) is 0 Å². The molecular weight excluding hydrogens is 598 g/mol. The van der Waals surface area contributed by atoms with Crippen LogP contribution in [0.3, 0.4) is 0 Å². The van der Waals surface area contributed by atoms with Gasteiger partial charge in [0.25, 0.3) is 0 Å². The first-order valence-electron chi connectivity index (χ1n) is 13.9. The van der Waals surface area contributed by atoms with Gasteiger partial charge in [-0.3, -0.25) is 4.79 Å². The molecule has 8 nitrogen and oxygen atoms in total. The standard InChI is InChI=1S/C34H34ClN3O5S/c1-20(2)23-11-13-24(14-12-23)32-25(17-36)33(37-21(3)31(32)34(40)43-18-22-9-7-6-8-10-22)44-19-30(39)38-27-16-28(41-4)26(35)15-29(27)42-5/h6-16,20,32,37H,18-19H2,1-5H3,(H,38,39)/t32-/m1/s1. The maximum Gasteiger partial charge on any atom is 0.337 e. The molecule has 10 heteroatoms. The molecule has 0 bridgehead atoms. The lowest BCUT2D eigenvalue weighted by molar-refractivity contribution is -0.140. The lowest BCUT2D eigenvalue weighted by Gasteiger charge is -2.29. The van der Waals surface area contributed by atoms with Crippen molar-refractivity contribution < 1.29 is 23.8 Å². The summed E-state index contributed by atoms with van der Waals surface area (Å²) in [6.07, 6.45) is 0. The zero-order chi connectivity index (χ0) is 31.8. The second kappa shape index (κ2) is 14.9. The average Bonchev–Trinajstić information content (AvgIpc) is 3.03. The van der Waals surface area contributed by atoms with Gasteiger partial charge in [-0.05, 0) is 29.5 Å². The first kappa shape index (κ1) is 32.5. The molecule has 3 aromatic carbocycles. The van der Waals surface area contributed by atoms with Gasteiger partial charge < -0.3 is 24.8 Å². The number of hydrogen-bond donors (Lipinski definition) is 2. The zero-order valence-electron chi connectivity index (χ0n) is 25.2. The van der Waals surface area contributed by atoms with E-state index < -0.39 is 11.9 Å². The number of esters is 1. The van der Waals surface area contributed by atoms with Gasteiger partial charge >= 0.3 is 5.97 Å². The fourth-order valence-corrected chi connectivity index (χ4v) is 5.91. The topological polar surface area (TPSA) is 110 Å². The minimum atomic E-state index is -0.683. The van der Waals surface area contributed by atoms with E-state index in [0.29, 0.717) is 50.0 Å². The number of allylic oxidation sites excluding steroid dienone is 2. The molecular formula is C34H34ClN3O5S. The van der Waals surface area contributed by atoms with E-state index in [-0.39, 0.29) is 18.3 Å². The number of amides is 1. The third-order valence-corrected chi connectivity index (χ3v) is 8.42. The summed E-state index contributed by atoms with van der Waals surface area (Å²) in [5.41, 5.74) is 4.39. The van der Waals surface area contributed by atoms with Crippen molar-refractivity contribution in [1.82, 2.24) is 5.32 Å². The summed E-state index contributed by atoms with van der Waals surface area (Å²) in [5.74, 6) is -0.480. The number of carbonyl (C=O) groups is 2. The lowest BCUT2D eigenvalue weighted by Crippen LogP contribution is -2.29. The monoisotopic (exact) mass is 631 g/mol. The molecule has 1 heterocycles. The summed E-state index contributed by atoms with van der Waals surface area (Å²) in [6.45, 7) is 6.08. The molecule has 1 atom stereocenters. The molecule has 0 fully saturated rings. The summed E-state index contributed by atoms with van der Waals surface area (Å²) < 4.78 is 16.4. The summed E-state index contributed by atoms with van der Waals surface area (Å²) >= 11 is 7.36. The Morgan fingerprint density at radius 1 is 1.05 bits per heavy atom. The highest BCUT2D eigenvalue weighted by Crippen LogP contribution is 2.42. The molecule has 0 aromatic heterocycles. The van der Waals surface area contributed by atoms with Gasteiger partial charge in [-0.1, -0.05) is 91.8 Å². The number of methoxy groups -OCH3 is 2. The maximum atomic E-state index is 13.6. The molecule has 1 aliphatic rings. The van der Waals surface area contributed by atoms with Crippen LogP contribution in [0.2, 0.25) is 5.02 Å². The molecule has 4 rings (SSSR count). The van der Waals surface area contributed by atoms with E-state index in [1.807, 2.05) is 54.6 Å². The SMILES string of the molecule is COc1cc(NC(=O)CSC2=C(C#N)[C@@H](c3ccc(C(C)C)cc3)C(C(=O)OCc3ccccc3)=C(C)N2)c(OC)cc1Cl. The van der Waals surface area contributed by atoms with Gasteiger partial charge in [0.1, 0.15) is 18.1 Å².